The van der Waals surface area contributed by atoms with Crippen LogP contribution in [0.3, 0.4) is 0 Å². The number of methoxy groups -OCH3 is 1. The second kappa shape index (κ2) is 6.83. The van der Waals surface area contributed by atoms with E-state index in [0.29, 0.717) is 0 Å². The summed E-state index contributed by atoms with van der Waals surface area (Å²) in [6.45, 7) is 0.505. The number of nitrogens with one attached hydrogen (secondary N) is 1. The van der Waals surface area contributed by atoms with Gasteiger partial charge in [0.1, 0.15) is 0 Å². The zero-order chi connectivity index (χ0) is 12.0. The second-order valence-electron chi connectivity index (χ2n) is 4.47. The molecule has 0 bridgehead atoms. The summed E-state index contributed by atoms with van der Waals surface area (Å²) < 4.78 is 4.78. The molecule has 1 rings (SSSR count). The first-order valence-corrected chi connectivity index (χ1v) is 5.83. The molecule has 1 aliphatic carbocycles. The van der Waals surface area contributed by atoms with Crippen LogP contribution in [0.2, 0.25) is 0 Å². The molecule has 1 atom stereocenters. The summed E-state index contributed by atoms with van der Waals surface area (Å²) >= 11 is 0. The lowest BCUT2D eigenvalue weighted by atomic mass is 9.86. The molecule has 1 fully saturated rings. The van der Waals surface area contributed by atoms with E-state index in [1.54, 1.807) is 0 Å². The molecule has 1 amide bonds. The Morgan fingerprint density at radius 1 is 1.50 bits per heavy atom. The number of rotatable bonds is 5. The van der Waals surface area contributed by atoms with Crippen molar-refractivity contribution in [1.29, 1.82) is 0 Å². The summed E-state index contributed by atoms with van der Waals surface area (Å²) in [4.78, 5) is 11.7. The molecule has 1 aliphatic rings. The van der Waals surface area contributed by atoms with E-state index in [4.69, 9.17) is 10.5 Å². The van der Waals surface area contributed by atoms with Crippen molar-refractivity contribution in [3.63, 3.8) is 0 Å². The fourth-order valence-electron chi connectivity index (χ4n) is 2.00. The summed E-state index contributed by atoms with van der Waals surface area (Å²) in [5.41, 5.74) is 5.77. The van der Waals surface area contributed by atoms with Gasteiger partial charge in [-0.2, -0.15) is 0 Å². The minimum atomic E-state index is -0.625. The van der Waals surface area contributed by atoms with Crippen LogP contribution in [0.15, 0.2) is 0 Å². The first-order chi connectivity index (χ1) is 7.63. The third-order valence-electron chi connectivity index (χ3n) is 3.01. The Kier molecular flexibility index (Phi) is 5.73. The van der Waals surface area contributed by atoms with E-state index in [0.717, 1.165) is 25.7 Å². The van der Waals surface area contributed by atoms with Gasteiger partial charge in [0.2, 0.25) is 5.91 Å². The van der Waals surface area contributed by atoms with Gasteiger partial charge < -0.3 is 20.9 Å². The normalized spacial score (nSPS) is 27.4. The van der Waals surface area contributed by atoms with Crippen LogP contribution >= 0.6 is 0 Å². The minimum Gasteiger partial charge on any atom is -0.389 e. The molecule has 0 spiro atoms. The topological polar surface area (TPSA) is 84.6 Å². The van der Waals surface area contributed by atoms with Crippen LogP contribution in [-0.4, -0.2) is 43.4 Å². The predicted molar refractivity (Wildman–Crippen MR) is 60.8 cm³/mol. The van der Waals surface area contributed by atoms with Crippen molar-refractivity contribution in [3.05, 3.63) is 0 Å². The number of nitrogens with two attached hydrogens (primary N) is 1. The number of amides is 1. The van der Waals surface area contributed by atoms with Gasteiger partial charge in [-0.25, -0.2) is 0 Å². The van der Waals surface area contributed by atoms with Gasteiger partial charge in [-0.15, -0.1) is 0 Å². The van der Waals surface area contributed by atoms with E-state index in [1.807, 2.05) is 0 Å². The van der Waals surface area contributed by atoms with Crippen molar-refractivity contribution >= 4 is 5.91 Å². The summed E-state index contributed by atoms with van der Waals surface area (Å²) in [7, 11) is 1.52. The monoisotopic (exact) mass is 230 g/mol. The van der Waals surface area contributed by atoms with Crippen LogP contribution in [0.25, 0.3) is 0 Å². The molecule has 0 aliphatic heterocycles. The second-order valence-corrected chi connectivity index (χ2v) is 4.47. The molecule has 0 aromatic rings. The Bertz CT molecular complexity index is 215. The third-order valence-corrected chi connectivity index (χ3v) is 3.01. The lowest BCUT2D eigenvalue weighted by Gasteiger charge is -2.25. The van der Waals surface area contributed by atoms with Gasteiger partial charge >= 0.3 is 0 Å². The highest BCUT2D eigenvalue weighted by molar-refractivity contribution is 5.78. The molecule has 5 nitrogen and oxygen atoms in total. The van der Waals surface area contributed by atoms with Crippen LogP contribution in [-0.2, 0) is 9.53 Å². The Balaban J connectivity index is 2.19. The zero-order valence-corrected chi connectivity index (χ0v) is 9.82. The first-order valence-electron chi connectivity index (χ1n) is 5.83. The van der Waals surface area contributed by atoms with Crippen LogP contribution in [0.1, 0.15) is 25.7 Å². The smallest absolute Gasteiger partial charge is 0.223 e. The molecule has 4 N–H and O–H groups in total. The molecule has 0 aromatic heterocycles. The molecule has 1 saturated carbocycles. The van der Waals surface area contributed by atoms with Crippen molar-refractivity contribution in [2.75, 3.05) is 20.3 Å². The number of carbonyl (C=O) groups excluding carboxylic acids is 1. The molecule has 94 valence electrons. The maximum Gasteiger partial charge on any atom is 0.223 e. The number of aliphatic hydroxyl groups is 1. The lowest BCUT2D eigenvalue weighted by molar-refractivity contribution is -0.126. The van der Waals surface area contributed by atoms with Crippen molar-refractivity contribution in [3.8, 4) is 0 Å². The summed E-state index contributed by atoms with van der Waals surface area (Å²) in [5.74, 6) is 0.0941. The number of hydrogen-bond donors (Lipinski definition) is 3. The third kappa shape index (κ3) is 4.47. The maximum absolute atomic E-state index is 11.7. The average molecular weight is 230 g/mol. The van der Waals surface area contributed by atoms with Gasteiger partial charge in [0.15, 0.2) is 0 Å². The van der Waals surface area contributed by atoms with E-state index in [9.17, 15) is 9.90 Å². The molecule has 1 unspecified atom stereocenters. The molecular formula is C11H22N2O3. The molecular weight excluding hydrogens is 208 g/mol. The van der Waals surface area contributed by atoms with Crippen LogP contribution < -0.4 is 11.1 Å². The fourth-order valence-corrected chi connectivity index (χ4v) is 2.00. The Hall–Kier alpha value is -0.650. The van der Waals surface area contributed by atoms with Gasteiger partial charge in [-0.1, -0.05) is 0 Å². The van der Waals surface area contributed by atoms with Gasteiger partial charge in [0, 0.05) is 25.6 Å². The SMILES string of the molecule is COCC(O)CNC(=O)C1CCC(N)CC1. The number of ether oxygens (including phenoxy) is 1. The van der Waals surface area contributed by atoms with Crippen molar-refractivity contribution < 1.29 is 14.6 Å². The molecule has 0 saturated heterocycles. The number of carbonyl (C=O) groups is 1. The molecule has 5 heteroatoms. The quantitative estimate of drug-likeness (QED) is 0.601. The van der Waals surface area contributed by atoms with E-state index < -0.39 is 6.10 Å². The summed E-state index contributed by atoms with van der Waals surface area (Å²) in [6.07, 6.45) is 2.91. The summed E-state index contributed by atoms with van der Waals surface area (Å²) in [6, 6.07) is 0.253. The van der Waals surface area contributed by atoms with E-state index >= 15 is 0 Å². The highest BCUT2D eigenvalue weighted by Crippen LogP contribution is 2.22. The van der Waals surface area contributed by atoms with E-state index in [1.165, 1.54) is 7.11 Å². The molecule has 16 heavy (non-hydrogen) atoms. The predicted octanol–water partition coefficient (Wildman–Crippen LogP) is -0.373. The lowest BCUT2D eigenvalue weighted by Crippen LogP contribution is -2.40. The molecule has 0 aromatic carbocycles. The van der Waals surface area contributed by atoms with Crippen LogP contribution in [0.5, 0.6) is 0 Å². The van der Waals surface area contributed by atoms with Gasteiger partial charge in [0.05, 0.1) is 12.7 Å². The first kappa shape index (κ1) is 13.4. The van der Waals surface area contributed by atoms with Gasteiger partial charge in [-0.3, -0.25) is 4.79 Å². The number of aliphatic hydroxyl groups excluding tert-OH is 1. The van der Waals surface area contributed by atoms with E-state index in [-0.39, 0.29) is 31.0 Å². The van der Waals surface area contributed by atoms with Crippen molar-refractivity contribution in [2.45, 2.75) is 37.8 Å². The van der Waals surface area contributed by atoms with Crippen molar-refractivity contribution in [2.24, 2.45) is 11.7 Å². The Morgan fingerprint density at radius 2 is 2.12 bits per heavy atom. The number of hydrogen-bond acceptors (Lipinski definition) is 4. The summed E-state index contributed by atoms with van der Waals surface area (Å²) in [5, 5.41) is 12.1. The van der Waals surface area contributed by atoms with Gasteiger partial charge in [0.25, 0.3) is 0 Å². The fraction of sp³-hybridized carbons (Fsp3) is 0.909. The van der Waals surface area contributed by atoms with Crippen LogP contribution in [0, 0.1) is 5.92 Å². The average Bonchev–Trinajstić information content (AvgIpc) is 2.27. The highest BCUT2D eigenvalue weighted by atomic mass is 16.5. The van der Waals surface area contributed by atoms with Crippen LogP contribution in [0.4, 0.5) is 0 Å². The van der Waals surface area contributed by atoms with Gasteiger partial charge in [-0.05, 0) is 25.7 Å². The van der Waals surface area contributed by atoms with E-state index in [2.05, 4.69) is 5.32 Å². The standard InChI is InChI=1S/C11H22N2O3/c1-16-7-10(14)6-13-11(15)8-2-4-9(12)5-3-8/h8-10,14H,2-7,12H2,1H3,(H,13,15). The molecule has 0 radical (unpaired) electrons. The molecule has 0 heterocycles. The Labute approximate surface area is 96.3 Å². The zero-order valence-electron chi connectivity index (χ0n) is 9.82. The largest absolute Gasteiger partial charge is 0.389 e. The minimum absolute atomic E-state index is 0.0297. The highest BCUT2D eigenvalue weighted by Gasteiger charge is 2.24. The van der Waals surface area contributed by atoms with Crippen molar-refractivity contribution in [1.82, 2.24) is 5.32 Å². The maximum atomic E-state index is 11.7. The Morgan fingerprint density at radius 3 is 2.69 bits per heavy atom.